The Morgan fingerprint density at radius 2 is 1.88 bits per heavy atom. The summed E-state index contributed by atoms with van der Waals surface area (Å²) in [5, 5.41) is 3.03. The highest BCUT2D eigenvalue weighted by molar-refractivity contribution is 5.26. The van der Waals surface area contributed by atoms with Gasteiger partial charge in [0.2, 0.25) is 5.95 Å². The lowest BCUT2D eigenvalue weighted by Gasteiger charge is -2.06. The van der Waals surface area contributed by atoms with E-state index in [-0.39, 0.29) is 0 Å². The molecular weight excluding hydrogens is 210 g/mol. The van der Waals surface area contributed by atoms with E-state index < -0.39 is 0 Å². The lowest BCUT2D eigenvalue weighted by molar-refractivity contribution is 0.0759. The molecule has 0 aromatic carbocycles. The summed E-state index contributed by atoms with van der Waals surface area (Å²) in [5.74, 6) is 1.21. The first-order valence-electron chi connectivity index (χ1n) is 5.03. The zero-order valence-electron chi connectivity index (χ0n) is 9.60. The molecule has 0 aliphatic rings. The quantitative estimate of drug-likeness (QED) is 0.655. The van der Waals surface area contributed by atoms with Crippen molar-refractivity contribution < 1.29 is 14.2 Å². The van der Waals surface area contributed by atoms with Gasteiger partial charge in [0.05, 0.1) is 39.3 Å². The standard InChI is InChI=1S/C10H17N3O3/c1-14-5-6-16-4-3-11-10-12-7-9(15-2)8-13-10/h7-8H,3-6H2,1-2H3,(H,11,12,13). The Morgan fingerprint density at radius 1 is 1.12 bits per heavy atom. The van der Waals surface area contributed by atoms with Gasteiger partial charge in [-0.05, 0) is 0 Å². The van der Waals surface area contributed by atoms with E-state index in [1.54, 1.807) is 26.6 Å². The van der Waals surface area contributed by atoms with Crippen LogP contribution in [-0.2, 0) is 9.47 Å². The number of anilines is 1. The zero-order valence-corrected chi connectivity index (χ0v) is 9.60. The van der Waals surface area contributed by atoms with Gasteiger partial charge in [0.1, 0.15) is 0 Å². The van der Waals surface area contributed by atoms with Gasteiger partial charge in [-0.1, -0.05) is 0 Å². The van der Waals surface area contributed by atoms with E-state index in [1.165, 1.54) is 0 Å². The summed E-state index contributed by atoms with van der Waals surface area (Å²) in [6, 6.07) is 0. The van der Waals surface area contributed by atoms with Gasteiger partial charge < -0.3 is 19.5 Å². The number of hydrogen-bond donors (Lipinski definition) is 1. The lowest BCUT2D eigenvalue weighted by Crippen LogP contribution is -2.13. The van der Waals surface area contributed by atoms with Gasteiger partial charge in [-0.25, -0.2) is 9.97 Å². The maximum Gasteiger partial charge on any atom is 0.222 e. The van der Waals surface area contributed by atoms with Crippen LogP contribution in [-0.4, -0.2) is 50.6 Å². The molecule has 6 heteroatoms. The van der Waals surface area contributed by atoms with Crippen LogP contribution in [0, 0.1) is 0 Å². The summed E-state index contributed by atoms with van der Waals surface area (Å²) in [6.45, 7) is 2.47. The van der Waals surface area contributed by atoms with Crippen molar-refractivity contribution in [2.24, 2.45) is 0 Å². The monoisotopic (exact) mass is 227 g/mol. The summed E-state index contributed by atoms with van der Waals surface area (Å²) in [7, 11) is 3.22. The van der Waals surface area contributed by atoms with Crippen molar-refractivity contribution in [2.75, 3.05) is 45.9 Å². The van der Waals surface area contributed by atoms with Gasteiger partial charge in [0.15, 0.2) is 5.75 Å². The number of ether oxygens (including phenoxy) is 3. The summed E-state index contributed by atoms with van der Waals surface area (Å²) in [6.07, 6.45) is 3.22. The van der Waals surface area contributed by atoms with Crippen molar-refractivity contribution in [1.29, 1.82) is 0 Å². The smallest absolute Gasteiger partial charge is 0.222 e. The van der Waals surface area contributed by atoms with Crippen LogP contribution in [0.15, 0.2) is 12.4 Å². The average molecular weight is 227 g/mol. The van der Waals surface area contributed by atoms with E-state index in [9.17, 15) is 0 Å². The summed E-state index contributed by atoms with van der Waals surface area (Å²) >= 11 is 0. The van der Waals surface area contributed by atoms with Crippen molar-refractivity contribution in [2.45, 2.75) is 0 Å². The molecular formula is C10H17N3O3. The van der Waals surface area contributed by atoms with Crippen molar-refractivity contribution in [3.05, 3.63) is 12.4 Å². The lowest BCUT2D eigenvalue weighted by atomic mass is 10.6. The fraction of sp³-hybridized carbons (Fsp3) is 0.600. The fourth-order valence-electron chi connectivity index (χ4n) is 0.992. The van der Waals surface area contributed by atoms with E-state index in [0.717, 1.165) is 0 Å². The van der Waals surface area contributed by atoms with Crippen LogP contribution in [0.4, 0.5) is 5.95 Å². The minimum Gasteiger partial charge on any atom is -0.494 e. The van der Waals surface area contributed by atoms with E-state index >= 15 is 0 Å². The van der Waals surface area contributed by atoms with Gasteiger partial charge in [-0.3, -0.25) is 0 Å². The van der Waals surface area contributed by atoms with E-state index in [1.807, 2.05) is 0 Å². The molecule has 1 heterocycles. The van der Waals surface area contributed by atoms with Crippen LogP contribution in [0.25, 0.3) is 0 Å². The van der Waals surface area contributed by atoms with Crippen LogP contribution in [0.1, 0.15) is 0 Å². The Bertz CT molecular complexity index is 279. The largest absolute Gasteiger partial charge is 0.494 e. The molecule has 1 aromatic heterocycles. The average Bonchev–Trinajstić information content (AvgIpc) is 2.34. The van der Waals surface area contributed by atoms with Crippen molar-refractivity contribution >= 4 is 5.95 Å². The van der Waals surface area contributed by atoms with Crippen LogP contribution < -0.4 is 10.1 Å². The molecule has 0 saturated carbocycles. The molecule has 0 aliphatic heterocycles. The van der Waals surface area contributed by atoms with Gasteiger partial charge in [0, 0.05) is 13.7 Å². The first-order chi connectivity index (χ1) is 7.86. The Hall–Kier alpha value is -1.40. The first-order valence-corrected chi connectivity index (χ1v) is 5.03. The van der Waals surface area contributed by atoms with E-state index in [0.29, 0.717) is 38.1 Å². The van der Waals surface area contributed by atoms with Crippen LogP contribution >= 0.6 is 0 Å². The first kappa shape index (κ1) is 12.7. The predicted octanol–water partition coefficient (Wildman–Crippen LogP) is 0.560. The molecule has 90 valence electrons. The molecule has 0 amide bonds. The topological polar surface area (TPSA) is 65.5 Å². The van der Waals surface area contributed by atoms with Gasteiger partial charge >= 0.3 is 0 Å². The second-order valence-corrected chi connectivity index (χ2v) is 2.98. The third kappa shape index (κ3) is 4.90. The minimum atomic E-state index is 0.566. The molecule has 1 N–H and O–H groups in total. The van der Waals surface area contributed by atoms with Crippen molar-refractivity contribution in [1.82, 2.24) is 9.97 Å². The second kappa shape index (κ2) is 7.84. The maximum atomic E-state index is 5.27. The number of nitrogens with one attached hydrogen (secondary N) is 1. The number of aromatic nitrogens is 2. The highest BCUT2D eigenvalue weighted by Gasteiger charge is 1.96. The normalized spacial score (nSPS) is 10.1. The minimum absolute atomic E-state index is 0.566. The highest BCUT2D eigenvalue weighted by Crippen LogP contribution is 2.06. The SMILES string of the molecule is COCCOCCNc1ncc(OC)cn1. The molecule has 0 saturated heterocycles. The van der Waals surface area contributed by atoms with Crippen molar-refractivity contribution in [3.63, 3.8) is 0 Å². The molecule has 0 atom stereocenters. The van der Waals surface area contributed by atoms with E-state index in [2.05, 4.69) is 15.3 Å². The molecule has 0 radical (unpaired) electrons. The molecule has 0 spiro atoms. The van der Waals surface area contributed by atoms with Gasteiger partial charge in [-0.15, -0.1) is 0 Å². The van der Waals surface area contributed by atoms with Crippen LogP contribution in [0.2, 0.25) is 0 Å². The summed E-state index contributed by atoms with van der Waals surface area (Å²) < 4.78 is 15.1. The zero-order chi connectivity index (χ0) is 11.6. The molecule has 0 unspecified atom stereocenters. The number of methoxy groups -OCH3 is 2. The molecule has 0 bridgehead atoms. The van der Waals surface area contributed by atoms with Crippen LogP contribution in [0.5, 0.6) is 5.75 Å². The third-order valence-electron chi connectivity index (χ3n) is 1.83. The Morgan fingerprint density at radius 3 is 2.50 bits per heavy atom. The number of nitrogens with zero attached hydrogens (tertiary/aromatic N) is 2. The third-order valence-corrected chi connectivity index (χ3v) is 1.83. The number of hydrogen-bond acceptors (Lipinski definition) is 6. The predicted molar refractivity (Wildman–Crippen MR) is 59.8 cm³/mol. The van der Waals surface area contributed by atoms with Crippen molar-refractivity contribution in [3.8, 4) is 5.75 Å². The summed E-state index contributed by atoms with van der Waals surface area (Å²) in [4.78, 5) is 8.11. The Balaban J connectivity index is 2.12. The molecule has 1 aromatic rings. The molecule has 16 heavy (non-hydrogen) atoms. The Kier molecular flexibility index (Phi) is 6.20. The molecule has 0 aliphatic carbocycles. The summed E-state index contributed by atoms with van der Waals surface area (Å²) in [5.41, 5.74) is 0. The molecule has 1 rings (SSSR count). The molecule has 0 fully saturated rings. The van der Waals surface area contributed by atoms with Gasteiger partial charge in [0.25, 0.3) is 0 Å². The maximum absolute atomic E-state index is 5.27. The van der Waals surface area contributed by atoms with E-state index in [4.69, 9.17) is 14.2 Å². The second-order valence-electron chi connectivity index (χ2n) is 2.98. The fourth-order valence-corrected chi connectivity index (χ4v) is 0.992. The van der Waals surface area contributed by atoms with Crippen LogP contribution in [0.3, 0.4) is 0 Å². The van der Waals surface area contributed by atoms with Gasteiger partial charge in [-0.2, -0.15) is 0 Å². The Labute approximate surface area is 95.0 Å². The highest BCUT2D eigenvalue weighted by atomic mass is 16.5. The molecule has 6 nitrogen and oxygen atoms in total. The number of rotatable bonds is 8.